The fourth-order valence-corrected chi connectivity index (χ4v) is 4.14. The molecule has 2 fully saturated rings. The summed E-state index contributed by atoms with van der Waals surface area (Å²) >= 11 is 0. The lowest BCUT2D eigenvalue weighted by Gasteiger charge is -2.35. The third-order valence-electron chi connectivity index (χ3n) is 5.57. The summed E-state index contributed by atoms with van der Waals surface area (Å²) in [5, 5.41) is 9.15. The van der Waals surface area contributed by atoms with Crippen LogP contribution in [0.25, 0.3) is 0 Å². The lowest BCUT2D eigenvalue weighted by atomic mass is 9.98. The van der Waals surface area contributed by atoms with E-state index in [9.17, 15) is 4.79 Å². The summed E-state index contributed by atoms with van der Waals surface area (Å²) in [6, 6.07) is 8.45. The highest BCUT2D eigenvalue weighted by Gasteiger charge is 2.24. The molecule has 2 aliphatic rings. The van der Waals surface area contributed by atoms with Gasteiger partial charge in [-0.25, -0.2) is 0 Å². The largest absolute Gasteiger partial charge is 0.492 e. The van der Waals surface area contributed by atoms with Gasteiger partial charge in [0.05, 0.1) is 6.42 Å². The van der Waals surface area contributed by atoms with E-state index in [1.54, 1.807) is 0 Å². The Bertz CT molecular complexity index is 572. The molecule has 2 heterocycles. The van der Waals surface area contributed by atoms with Gasteiger partial charge >= 0.3 is 5.97 Å². The summed E-state index contributed by atoms with van der Waals surface area (Å²) in [7, 11) is 0. The second kappa shape index (κ2) is 9.93. The smallest absolute Gasteiger partial charge is 0.304 e. The summed E-state index contributed by atoms with van der Waals surface area (Å²) in [4.78, 5) is 15.9. The van der Waals surface area contributed by atoms with E-state index in [2.05, 4.69) is 21.9 Å². The van der Waals surface area contributed by atoms with Crippen molar-refractivity contribution in [2.24, 2.45) is 0 Å². The minimum atomic E-state index is -0.698. The third-order valence-corrected chi connectivity index (χ3v) is 5.57. The molecular formula is C21H32N2O3. The monoisotopic (exact) mass is 360 g/mol. The molecular weight excluding hydrogens is 328 g/mol. The molecule has 0 spiro atoms. The van der Waals surface area contributed by atoms with Gasteiger partial charge in [-0.3, -0.25) is 14.6 Å². The summed E-state index contributed by atoms with van der Waals surface area (Å²) in [5.74, 6) is 0.225. The van der Waals surface area contributed by atoms with Gasteiger partial charge in [0.25, 0.3) is 0 Å². The Morgan fingerprint density at radius 2 is 1.92 bits per heavy atom. The van der Waals surface area contributed by atoms with Gasteiger partial charge in [0.1, 0.15) is 12.4 Å². The first-order valence-electron chi connectivity index (χ1n) is 10.1. The first-order valence-corrected chi connectivity index (χ1v) is 10.1. The van der Waals surface area contributed by atoms with Crippen molar-refractivity contribution in [2.45, 2.75) is 57.5 Å². The van der Waals surface area contributed by atoms with Gasteiger partial charge in [-0.05, 0) is 63.0 Å². The minimum Gasteiger partial charge on any atom is -0.492 e. The Labute approximate surface area is 156 Å². The summed E-state index contributed by atoms with van der Waals surface area (Å²) in [6.45, 7) is 5.91. The highest BCUT2D eigenvalue weighted by Crippen LogP contribution is 2.23. The van der Waals surface area contributed by atoms with Gasteiger partial charge in [-0.2, -0.15) is 0 Å². The topological polar surface area (TPSA) is 53.0 Å². The Hall–Kier alpha value is -1.59. The second-order valence-electron chi connectivity index (χ2n) is 7.62. The van der Waals surface area contributed by atoms with E-state index in [1.807, 2.05) is 12.1 Å². The van der Waals surface area contributed by atoms with Crippen LogP contribution in [0.1, 0.15) is 50.5 Å². The fraction of sp³-hybridized carbons (Fsp3) is 0.667. The number of carboxylic acids is 1. The molecule has 1 aromatic carbocycles. The molecule has 2 aliphatic heterocycles. The van der Waals surface area contributed by atoms with Crippen LogP contribution in [0.15, 0.2) is 24.3 Å². The molecule has 0 unspecified atom stereocenters. The number of nitrogens with zero attached hydrogens (tertiary/aromatic N) is 2. The fourth-order valence-electron chi connectivity index (χ4n) is 4.14. The van der Waals surface area contributed by atoms with Gasteiger partial charge in [0.15, 0.2) is 0 Å². The minimum absolute atomic E-state index is 0.157. The number of aliphatic carboxylic acids is 1. The van der Waals surface area contributed by atoms with Crippen LogP contribution < -0.4 is 4.74 Å². The molecule has 5 heteroatoms. The molecule has 1 N–H and O–H groups in total. The predicted molar refractivity (Wildman–Crippen MR) is 103 cm³/mol. The first kappa shape index (κ1) is 19.2. The standard InChI is InChI=1S/C21H32N2O3/c24-21(25)16-19-8-2-5-12-23(19)17-18-7-6-9-20(15-18)26-14-13-22-10-3-1-4-11-22/h6-7,9,15,19H,1-5,8,10-14,16-17H2,(H,24,25)/t19-/m1/s1. The van der Waals surface area contributed by atoms with Crippen LogP contribution >= 0.6 is 0 Å². The van der Waals surface area contributed by atoms with Crippen LogP contribution in [-0.2, 0) is 11.3 Å². The highest BCUT2D eigenvalue weighted by molar-refractivity contribution is 5.67. The zero-order valence-electron chi connectivity index (χ0n) is 15.7. The lowest BCUT2D eigenvalue weighted by Crippen LogP contribution is -2.40. The molecule has 0 radical (unpaired) electrons. The van der Waals surface area contributed by atoms with Gasteiger partial charge in [0.2, 0.25) is 0 Å². The number of ether oxygens (including phenoxy) is 1. The van der Waals surface area contributed by atoms with E-state index >= 15 is 0 Å². The van der Waals surface area contributed by atoms with Crippen molar-refractivity contribution in [1.29, 1.82) is 0 Å². The summed E-state index contributed by atoms with van der Waals surface area (Å²) in [6.07, 6.45) is 7.49. The van der Waals surface area contributed by atoms with Crippen LogP contribution in [0.4, 0.5) is 0 Å². The molecule has 0 bridgehead atoms. The third kappa shape index (κ3) is 5.99. The van der Waals surface area contributed by atoms with Crippen molar-refractivity contribution in [3.8, 4) is 5.75 Å². The highest BCUT2D eigenvalue weighted by atomic mass is 16.5. The number of benzene rings is 1. The predicted octanol–water partition coefficient (Wildman–Crippen LogP) is 3.38. The van der Waals surface area contributed by atoms with Crippen molar-refractivity contribution in [1.82, 2.24) is 9.80 Å². The number of carboxylic acid groups (broad SMARTS) is 1. The van der Waals surface area contributed by atoms with E-state index in [0.717, 1.165) is 51.3 Å². The summed E-state index contributed by atoms with van der Waals surface area (Å²) in [5.41, 5.74) is 1.21. The van der Waals surface area contributed by atoms with Crippen molar-refractivity contribution in [3.63, 3.8) is 0 Å². The van der Waals surface area contributed by atoms with Crippen molar-refractivity contribution >= 4 is 5.97 Å². The maximum absolute atomic E-state index is 11.1. The molecule has 0 saturated carbocycles. The molecule has 0 amide bonds. The molecule has 2 saturated heterocycles. The molecule has 1 atom stereocenters. The van der Waals surface area contributed by atoms with E-state index in [4.69, 9.17) is 9.84 Å². The van der Waals surface area contributed by atoms with E-state index in [0.29, 0.717) is 0 Å². The van der Waals surface area contributed by atoms with Crippen LogP contribution in [-0.4, -0.2) is 59.7 Å². The van der Waals surface area contributed by atoms with Gasteiger partial charge in [0, 0.05) is 19.1 Å². The molecule has 0 aromatic heterocycles. The zero-order chi connectivity index (χ0) is 18.2. The maximum atomic E-state index is 11.1. The van der Waals surface area contributed by atoms with Crippen LogP contribution in [0.2, 0.25) is 0 Å². The van der Waals surface area contributed by atoms with Gasteiger partial charge in [-0.15, -0.1) is 0 Å². The lowest BCUT2D eigenvalue weighted by molar-refractivity contribution is -0.138. The Morgan fingerprint density at radius 1 is 1.12 bits per heavy atom. The Morgan fingerprint density at radius 3 is 2.73 bits per heavy atom. The number of hydrogen-bond acceptors (Lipinski definition) is 4. The quantitative estimate of drug-likeness (QED) is 0.770. The Kier molecular flexibility index (Phi) is 7.32. The Balaban J connectivity index is 1.50. The molecule has 5 nitrogen and oxygen atoms in total. The summed E-state index contributed by atoms with van der Waals surface area (Å²) < 4.78 is 5.98. The van der Waals surface area contributed by atoms with E-state index < -0.39 is 5.97 Å². The number of likely N-dealkylation sites (tertiary alicyclic amines) is 2. The van der Waals surface area contributed by atoms with E-state index in [-0.39, 0.29) is 12.5 Å². The van der Waals surface area contributed by atoms with Crippen LogP contribution in [0.3, 0.4) is 0 Å². The number of piperidine rings is 2. The average Bonchev–Trinajstić information content (AvgIpc) is 2.64. The van der Waals surface area contributed by atoms with Gasteiger partial charge < -0.3 is 9.84 Å². The zero-order valence-corrected chi connectivity index (χ0v) is 15.7. The second-order valence-corrected chi connectivity index (χ2v) is 7.62. The number of hydrogen-bond donors (Lipinski definition) is 1. The average molecular weight is 360 g/mol. The van der Waals surface area contributed by atoms with Crippen molar-refractivity contribution in [2.75, 3.05) is 32.8 Å². The number of rotatable bonds is 8. The number of carbonyl (C=O) groups is 1. The maximum Gasteiger partial charge on any atom is 0.304 e. The SMILES string of the molecule is O=C(O)C[C@H]1CCCCN1Cc1cccc(OCCN2CCCCC2)c1. The normalized spacial score (nSPS) is 22.2. The molecule has 26 heavy (non-hydrogen) atoms. The van der Waals surface area contributed by atoms with E-state index in [1.165, 1.54) is 37.9 Å². The van der Waals surface area contributed by atoms with Gasteiger partial charge in [-0.1, -0.05) is 25.0 Å². The molecule has 144 valence electrons. The van der Waals surface area contributed by atoms with Crippen LogP contribution in [0.5, 0.6) is 5.75 Å². The van der Waals surface area contributed by atoms with Crippen LogP contribution in [0, 0.1) is 0 Å². The van der Waals surface area contributed by atoms with Crippen molar-refractivity contribution in [3.05, 3.63) is 29.8 Å². The molecule has 3 rings (SSSR count). The van der Waals surface area contributed by atoms with Crippen molar-refractivity contribution < 1.29 is 14.6 Å². The molecule has 0 aliphatic carbocycles. The molecule has 1 aromatic rings. The first-order chi connectivity index (χ1) is 12.7.